The summed E-state index contributed by atoms with van der Waals surface area (Å²) in [7, 11) is 0. The third-order valence-electron chi connectivity index (χ3n) is 3.26. The number of fused-ring (bicyclic) bond motifs is 1. The summed E-state index contributed by atoms with van der Waals surface area (Å²) < 4.78 is 5.68. The molecule has 0 unspecified atom stereocenters. The van der Waals surface area contributed by atoms with Crippen LogP contribution in [0, 0.1) is 11.8 Å². The Morgan fingerprint density at radius 1 is 1.53 bits per heavy atom. The van der Waals surface area contributed by atoms with Gasteiger partial charge >= 0.3 is 5.91 Å². The Kier molecular flexibility index (Phi) is 2.63. The lowest BCUT2D eigenvalue weighted by atomic mass is 9.74. The van der Waals surface area contributed by atoms with Gasteiger partial charge in [0.1, 0.15) is 0 Å². The molecule has 0 spiro atoms. The van der Waals surface area contributed by atoms with Crippen molar-refractivity contribution in [2.75, 3.05) is 0 Å². The van der Waals surface area contributed by atoms with Gasteiger partial charge in [0.15, 0.2) is 10.4 Å². The molecule has 1 N–H and O–H groups in total. The molecular formula is C12H11BrN2O2. The molecule has 1 fully saturated rings. The van der Waals surface area contributed by atoms with E-state index in [0.717, 1.165) is 18.6 Å². The summed E-state index contributed by atoms with van der Waals surface area (Å²) in [5.41, 5.74) is 3.62. The highest BCUT2D eigenvalue weighted by molar-refractivity contribution is 9.10. The Balaban J connectivity index is 1.61. The molecule has 0 radical (unpaired) electrons. The van der Waals surface area contributed by atoms with Crippen LogP contribution in [0.4, 0.5) is 0 Å². The average Bonchev–Trinajstić information content (AvgIpc) is 2.86. The molecule has 1 amide bonds. The van der Waals surface area contributed by atoms with Crippen LogP contribution in [0.1, 0.15) is 23.4 Å². The van der Waals surface area contributed by atoms with Crippen LogP contribution in [0.25, 0.3) is 0 Å². The van der Waals surface area contributed by atoms with Crippen LogP contribution in [0.2, 0.25) is 0 Å². The van der Waals surface area contributed by atoms with Gasteiger partial charge in [-0.2, -0.15) is 5.10 Å². The van der Waals surface area contributed by atoms with E-state index in [-0.39, 0.29) is 11.7 Å². The van der Waals surface area contributed by atoms with Crippen LogP contribution in [-0.2, 0) is 0 Å². The zero-order valence-electron chi connectivity index (χ0n) is 9.02. The Morgan fingerprint density at radius 3 is 3.12 bits per heavy atom. The van der Waals surface area contributed by atoms with Crippen molar-refractivity contribution in [2.45, 2.75) is 12.8 Å². The maximum absolute atomic E-state index is 11.6. The number of carbonyl (C=O) groups excluding carboxylic acids is 1. The minimum absolute atomic E-state index is 0.265. The summed E-state index contributed by atoms with van der Waals surface area (Å²) in [5.74, 6) is 1.11. The number of allylic oxidation sites excluding steroid dienone is 2. The van der Waals surface area contributed by atoms with E-state index < -0.39 is 0 Å². The molecule has 17 heavy (non-hydrogen) atoms. The van der Waals surface area contributed by atoms with E-state index in [4.69, 9.17) is 4.42 Å². The summed E-state index contributed by atoms with van der Waals surface area (Å²) in [6.07, 6.45) is 6.42. The molecule has 5 heteroatoms. The van der Waals surface area contributed by atoms with Gasteiger partial charge < -0.3 is 4.42 Å². The number of amides is 1. The van der Waals surface area contributed by atoms with Crippen molar-refractivity contribution >= 4 is 27.5 Å². The maximum Gasteiger partial charge on any atom is 0.307 e. The molecule has 0 aliphatic heterocycles. The second kappa shape index (κ2) is 4.14. The third kappa shape index (κ3) is 1.95. The Bertz CT molecular complexity index is 518. The smallest absolute Gasteiger partial charge is 0.307 e. The highest BCUT2D eigenvalue weighted by Crippen LogP contribution is 2.40. The monoisotopic (exact) mass is 294 g/mol. The minimum Gasteiger partial charge on any atom is -0.444 e. The summed E-state index contributed by atoms with van der Waals surface area (Å²) in [4.78, 5) is 11.6. The zero-order valence-corrected chi connectivity index (χ0v) is 10.6. The molecule has 1 saturated carbocycles. The second-order valence-electron chi connectivity index (χ2n) is 4.29. The first-order chi connectivity index (χ1) is 8.24. The summed E-state index contributed by atoms with van der Waals surface area (Å²) in [6, 6.07) is 3.29. The molecular weight excluding hydrogens is 284 g/mol. The van der Waals surface area contributed by atoms with E-state index in [1.54, 1.807) is 12.1 Å². The number of hydrazone groups is 1. The van der Waals surface area contributed by atoms with Crippen LogP contribution < -0.4 is 5.43 Å². The van der Waals surface area contributed by atoms with E-state index in [1.807, 2.05) is 0 Å². The van der Waals surface area contributed by atoms with Crippen molar-refractivity contribution in [3.05, 3.63) is 34.7 Å². The molecule has 0 aromatic carbocycles. The zero-order chi connectivity index (χ0) is 11.8. The minimum atomic E-state index is -0.308. The van der Waals surface area contributed by atoms with Crippen molar-refractivity contribution in [1.82, 2.24) is 5.43 Å². The van der Waals surface area contributed by atoms with Crippen LogP contribution in [0.5, 0.6) is 0 Å². The fraction of sp³-hybridized carbons (Fsp3) is 0.333. The highest BCUT2D eigenvalue weighted by atomic mass is 79.9. The lowest BCUT2D eigenvalue weighted by Crippen LogP contribution is -2.35. The first-order valence-corrected chi connectivity index (χ1v) is 6.32. The SMILES string of the molecule is O=C(N/N=C1\C[C@@H]2C=CC[C@@H]12)c1ccc(Br)o1. The van der Waals surface area contributed by atoms with Gasteiger partial charge in [-0.15, -0.1) is 0 Å². The summed E-state index contributed by atoms with van der Waals surface area (Å²) in [6.45, 7) is 0. The molecule has 1 aromatic heterocycles. The lowest BCUT2D eigenvalue weighted by Gasteiger charge is -2.31. The normalized spacial score (nSPS) is 27.9. The van der Waals surface area contributed by atoms with Crippen molar-refractivity contribution in [1.29, 1.82) is 0 Å². The summed E-state index contributed by atoms with van der Waals surface area (Å²) >= 11 is 3.15. The number of carbonyl (C=O) groups is 1. The third-order valence-corrected chi connectivity index (χ3v) is 3.69. The summed E-state index contributed by atoms with van der Waals surface area (Å²) in [5, 5.41) is 4.16. The number of nitrogens with zero attached hydrogens (tertiary/aromatic N) is 1. The molecule has 3 rings (SSSR count). The van der Waals surface area contributed by atoms with Crippen LogP contribution in [-0.4, -0.2) is 11.6 Å². The van der Waals surface area contributed by atoms with Gasteiger partial charge in [0.25, 0.3) is 0 Å². The predicted octanol–water partition coefficient (Wildman–Crippen LogP) is 2.72. The molecule has 0 saturated heterocycles. The average molecular weight is 295 g/mol. The Hall–Kier alpha value is -1.36. The fourth-order valence-electron chi connectivity index (χ4n) is 2.28. The quantitative estimate of drug-likeness (QED) is 0.673. The molecule has 1 aromatic rings. The van der Waals surface area contributed by atoms with Gasteiger partial charge in [0, 0.05) is 11.6 Å². The van der Waals surface area contributed by atoms with E-state index >= 15 is 0 Å². The van der Waals surface area contributed by atoms with Crippen molar-refractivity contribution in [2.24, 2.45) is 16.9 Å². The first kappa shape index (κ1) is 10.8. The van der Waals surface area contributed by atoms with Crippen molar-refractivity contribution in [3.63, 3.8) is 0 Å². The van der Waals surface area contributed by atoms with Crippen LogP contribution >= 0.6 is 15.9 Å². The first-order valence-electron chi connectivity index (χ1n) is 5.53. The van der Waals surface area contributed by atoms with E-state index in [1.165, 1.54) is 0 Å². The number of hydrogen-bond acceptors (Lipinski definition) is 3. The number of halogens is 1. The number of nitrogens with one attached hydrogen (secondary N) is 1. The molecule has 4 nitrogen and oxygen atoms in total. The van der Waals surface area contributed by atoms with Gasteiger partial charge in [0.2, 0.25) is 0 Å². The Labute approximate surface area is 107 Å². The molecule has 1 heterocycles. The number of rotatable bonds is 2. The van der Waals surface area contributed by atoms with Gasteiger partial charge in [-0.05, 0) is 46.8 Å². The molecule has 2 atom stereocenters. The molecule has 2 aliphatic rings. The van der Waals surface area contributed by atoms with Crippen LogP contribution in [0.3, 0.4) is 0 Å². The Morgan fingerprint density at radius 2 is 2.41 bits per heavy atom. The largest absolute Gasteiger partial charge is 0.444 e. The maximum atomic E-state index is 11.6. The van der Waals surface area contributed by atoms with Crippen molar-refractivity contribution in [3.8, 4) is 0 Å². The molecule has 88 valence electrons. The van der Waals surface area contributed by atoms with E-state index in [9.17, 15) is 4.79 Å². The topological polar surface area (TPSA) is 54.6 Å². The number of furan rings is 1. The van der Waals surface area contributed by atoms with Gasteiger partial charge in [-0.3, -0.25) is 4.79 Å². The highest BCUT2D eigenvalue weighted by Gasteiger charge is 2.38. The molecule has 0 bridgehead atoms. The standard InChI is InChI=1S/C12H11BrN2O2/c13-11-5-4-10(17-11)12(16)15-14-9-6-7-2-1-3-8(7)9/h1-2,4-5,7-8H,3,6H2,(H,15,16)/b14-9+/t7-,8+/m0/s1. The van der Waals surface area contributed by atoms with Gasteiger partial charge in [-0.25, -0.2) is 5.43 Å². The van der Waals surface area contributed by atoms with E-state index in [0.29, 0.717) is 16.5 Å². The van der Waals surface area contributed by atoms with Crippen molar-refractivity contribution < 1.29 is 9.21 Å². The molecule has 2 aliphatic carbocycles. The lowest BCUT2D eigenvalue weighted by molar-refractivity contribution is 0.0925. The van der Waals surface area contributed by atoms with Crippen LogP contribution in [0.15, 0.2) is 38.5 Å². The van der Waals surface area contributed by atoms with Gasteiger partial charge in [-0.1, -0.05) is 12.2 Å². The van der Waals surface area contributed by atoms with Gasteiger partial charge in [0.05, 0.1) is 0 Å². The number of hydrogen-bond donors (Lipinski definition) is 1. The van der Waals surface area contributed by atoms with E-state index in [2.05, 4.69) is 38.6 Å². The predicted molar refractivity (Wildman–Crippen MR) is 66.7 cm³/mol. The second-order valence-corrected chi connectivity index (χ2v) is 5.07. The fourth-order valence-corrected chi connectivity index (χ4v) is 2.58.